The summed E-state index contributed by atoms with van der Waals surface area (Å²) in [4.78, 5) is 4.71. The number of nitrogens with zero attached hydrogens (tertiary/aromatic N) is 2. The van der Waals surface area contributed by atoms with E-state index in [0.29, 0.717) is 27.6 Å². The van der Waals surface area contributed by atoms with E-state index in [1.165, 1.54) is 12.8 Å². The molecule has 1 aliphatic carbocycles. The van der Waals surface area contributed by atoms with E-state index in [9.17, 15) is 0 Å². The minimum Gasteiger partial charge on any atom is -0.339 e. The number of hydrogen-bond donors (Lipinski definition) is 1. The summed E-state index contributed by atoms with van der Waals surface area (Å²) in [5, 5.41) is 5.98. The van der Waals surface area contributed by atoms with Gasteiger partial charge >= 0.3 is 0 Å². The van der Waals surface area contributed by atoms with Crippen molar-refractivity contribution >= 4 is 23.5 Å². The zero-order valence-electron chi connectivity index (χ0n) is 12.1. The molecule has 20 heavy (non-hydrogen) atoms. The van der Waals surface area contributed by atoms with Crippen LogP contribution in [-0.4, -0.2) is 32.9 Å². The molecule has 1 aromatic heterocycles. The van der Waals surface area contributed by atoms with Gasteiger partial charge in [-0.1, -0.05) is 25.4 Å². The highest BCUT2D eigenvalue weighted by Crippen LogP contribution is 2.44. The summed E-state index contributed by atoms with van der Waals surface area (Å²) < 4.78 is 5.56. The first kappa shape index (κ1) is 14.7. The first-order chi connectivity index (χ1) is 9.69. The van der Waals surface area contributed by atoms with E-state index in [0.717, 1.165) is 30.4 Å². The summed E-state index contributed by atoms with van der Waals surface area (Å²) >= 11 is 3.99. The molecule has 0 aromatic carbocycles. The van der Waals surface area contributed by atoms with Gasteiger partial charge in [0.1, 0.15) is 0 Å². The normalized spacial score (nSPS) is 38.2. The maximum absolute atomic E-state index is 5.85. The molecule has 1 saturated heterocycles. The van der Waals surface area contributed by atoms with Crippen molar-refractivity contribution in [2.45, 2.75) is 54.8 Å². The van der Waals surface area contributed by atoms with Crippen LogP contribution < -0.4 is 5.73 Å². The predicted molar refractivity (Wildman–Crippen MR) is 85.1 cm³/mol. The second-order valence-corrected chi connectivity index (χ2v) is 8.89. The fourth-order valence-corrected chi connectivity index (χ4v) is 5.93. The second kappa shape index (κ2) is 6.28. The van der Waals surface area contributed by atoms with Gasteiger partial charge in [-0.25, -0.2) is 0 Å². The standard InChI is InChI=1S/C14H23N3OS2/c1-8-9(2)20-12(7-19-8)13-16-14(18-17-13)11-5-3-4-10(11)6-15/h8-12H,3-7,15H2,1-2H3. The molecule has 112 valence electrons. The van der Waals surface area contributed by atoms with E-state index in [2.05, 4.69) is 19.0 Å². The molecule has 1 aromatic rings. The molecule has 0 amide bonds. The van der Waals surface area contributed by atoms with Crippen molar-refractivity contribution in [3.05, 3.63) is 11.7 Å². The zero-order chi connectivity index (χ0) is 14.1. The molecule has 4 nitrogen and oxygen atoms in total. The Morgan fingerprint density at radius 3 is 2.90 bits per heavy atom. The molecule has 2 aliphatic rings. The van der Waals surface area contributed by atoms with E-state index in [-0.39, 0.29) is 0 Å². The molecule has 0 bridgehead atoms. The maximum Gasteiger partial charge on any atom is 0.230 e. The monoisotopic (exact) mass is 313 g/mol. The summed E-state index contributed by atoms with van der Waals surface area (Å²) in [7, 11) is 0. The quantitative estimate of drug-likeness (QED) is 0.924. The van der Waals surface area contributed by atoms with Gasteiger partial charge in [0.15, 0.2) is 5.82 Å². The van der Waals surface area contributed by atoms with Gasteiger partial charge in [-0.3, -0.25) is 0 Å². The Kier molecular flexibility index (Phi) is 4.62. The average Bonchev–Trinajstić information content (AvgIpc) is 3.09. The van der Waals surface area contributed by atoms with E-state index in [1.54, 1.807) is 0 Å². The van der Waals surface area contributed by atoms with Crippen LogP contribution in [0, 0.1) is 5.92 Å². The molecule has 1 saturated carbocycles. The predicted octanol–water partition coefficient (Wildman–Crippen LogP) is 3.21. The van der Waals surface area contributed by atoms with Crippen LogP contribution in [0.15, 0.2) is 4.52 Å². The van der Waals surface area contributed by atoms with Crippen LogP contribution >= 0.6 is 23.5 Å². The van der Waals surface area contributed by atoms with Crippen LogP contribution in [0.3, 0.4) is 0 Å². The van der Waals surface area contributed by atoms with Gasteiger partial charge in [-0.15, -0.1) is 11.8 Å². The summed E-state index contributed by atoms with van der Waals surface area (Å²) in [6, 6.07) is 0. The van der Waals surface area contributed by atoms with Crippen molar-refractivity contribution < 1.29 is 4.52 Å². The minimum atomic E-state index is 0.376. The number of hydrogen-bond acceptors (Lipinski definition) is 6. The SMILES string of the molecule is CC1SCC(c2noc(C3CCCC3CN)n2)SC1C. The Balaban J connectivity index is 1.70. The number of nitrogens with two attached hydrogens (primary N) is 1. The molecule has 6 heteroatoms. The summed E-state index contributed by atoms with van der Waals surface area (Å²) in [6.45, 7) is 5.31. The van der Waals surface area contributed by atoms with Gasteiger partial charge in [0.05, 0.1) is 5.25 Å². The molecule has 3 rings (SSSR count). The molecule has 2 N–H and O–H groups in total. The maximum atomic E-state index is 5.85. The average molecular weight is 313 g/mol. The number of thioether (sulfide) groups is 2. The molecular weight excluding hydrogens is 290 g/mol. The van der Waals surface area contributed by atoms with Gasteiger partial charge in [-0.05, 0) is 25.3 Å². The van der Waals surface area contributed by atoms with Crippen LogP contribution in [-0.2, 0) is 0 Å². The lowest BCUT2D eigenvalue weighted by molar-refractivity contribution is 0.323. The Hall–Kier alpha value is -0.200. The minimum absolute atomic E-state index is 0.376. The summed E-state index contributed by atoms with van der Waals surface area (Å²) in [5.74, 6) is 3.71. The van der Waals surface area contributed by atoms with E-state index >= 15 is 0 Å². The third-order valence-electron chi connectivity index (χ3n) is 4.57. The largest absolute Gasteiger partial charge is 0.339 e. The van der Waals surface area contributed by atoms with Crippen molar-refractivity contribution in [2.75, 3.05) is 12.3 Å². The Morgan fingerprint density at radius 2 is 2.15 bits per heavy atom. The third-order valence-corrected chi connectivity index (χ3v) is 7.96. The highest BCUT2D eigenvalue weighted by molar-refractivity contribution is 8.07. The lowest BCUT2D eigenvalue weighted by Gasteiger charge is -2.29. The molecule has 0 radical (unpaired) electrons. The number of rotatable bonds is 3. The highest BCUT2D eigenvalue weighted by Gasteiger charge is 2.34. The highest BCUT2D eigenvalue weighted by atomic mass is 32.2. The smallest absolute Gasteiger partial charge is 0.230 e. The van der Waals surface area contributed by atoms with Crippen LogP contribution in [0.4, 0.5) is 0 Å². The lowest BCUT2D eigenvalue weighted by atomic mass is 9.96. The second-order valence-electron chi connectivity index (χ2n) is 5.89. The van der Waals surface area contributed by atoms with E-state index < -0.39 is 0 Å². The van der Waals surface area contributed by atoms with Crippen LogP contribution in [0.1, 0.15) is 56.0 Å². The van der Waals surface area contributed by atoms with Crippen molar-refractivity contribution in [1.82, 2.24) is 10.1 Å². The molecule has 5 unspecified atom stereocenters. The van der Waals surface area contributed by atoms with Crippen molar-refractivity contribution in [3.8, 4) is 0 Å². The van der Waals surface area contributed by atoms with Gasteiger partial charge in [-0.2, -0.15) is 16.7 Å². The topological polar surface area (TPSA) is 64.9 Å². The van der Waals surface area contributed by atoms with Crippen LogP contribution in [0.25, 0.3) is 0 Å². The fourth-order valence-electron chi connectivity index (χ4n) is 3.09. The van der Waals surface area contributed by atoms with E-state index in [1.807, 2.05) is 23.5 Å². The first-order valence-electron chi connectivity index (χ1n) is 7.49. The molecule has 2 heterocycles. The third kappa shape index (κ3) is 2.88. The van der Waals surface area contributed by atoms with Gasteiger partial charge in [0.2, 0.25) is 5.89 Å². The summed E-state index contributed by atoms with van der Waals surface area (Å²) in [6.07, 6.45) is 3.57. The van der Waals surface area contributed by atoms with Gasteiger partial charge < -0.3 is 10.3 Å². The summed E-state index contributed by atoms with van der Waals surface area (Å²) in [5.41, 5.74) is 5.85. The first-order valence-corrected chi connectivity index (χ1v) is 9.48. The lowest BCUT2D eigenvalue weighted by Crippen LogP contribution is -2.22. The molecule has 2 fully saturated rings. The van der Waals surface area contributed by atoms with Crippen molar-refractivity contribution in [1.29, 1.82) is 0 Å². The molecule has 0 spiro atoms. The molecule has 5 atom stereocenters. The van der Waals surface area contributed by atoms with Crippen LogP contribution in [0.5, 0.6) is 0 Å². The molecular formula is C14H23N3OS2. The Bertz CT molecular complexity index is 453. The van der Waals surface area contributed by atoms with E-state index in [4.69, 9.17) is 15.2 Å². The Morgan fingerprint density at radius 1 is 1.30 bits per heavy atom. The van der Waals surface area contributed by atoms with Crippen molar-refractivity contribution in [2.24, 2.45) is 11.7 Å². The fraction of sp³-hybridized carbons (Fsp3) is 0.857. The van der Waals surface area contributed by atoms with Gasteiger partial charge in [0, 0.05) is 22.2 Å². The number of aromatic nitrogens is 2. The zero-order valence-corrected chi connectivity index (χ0v) is 13.8. The van der Waals surface area contributed by atoms with Gasteiger partial charge in [0.25, 0.3) is 0 Å². The molecule has 1 aliphatic heterocycles. The van der Waals surface area contributed by atoms with Crippen LogP contribution in [0.2, 0.25) is 0 Å². The van der Waals surface area contributed by atoms with Crippen molar-refractivity contribution in [3.63, 3.8) is 0 Å². The Labute approximate surface area is 129 Å².